The molecule has 2 unspecified atom stereocenters. The van der Waals surface area contributed by atoms with E-state index in [1.165, 1.54) is 12.8 Å². The van der Waals surface area contributed by atoms with Crippen LogP contribution in [0.2, 0.25) is 0 Å². The van der Waals surface area contributed by atoms with Crippen molar-refractivity contribution in [2.24, 2.45) is 5.92 Å². The summed E-state index contributed by atoms with van der Waals surface area (Å²) in [6.07, 6.45) is 2.53. The SMILES string of the molecule is CCC1CC1(C)OC. The van der Waals surface area contributed by atoms with E-state index in [2.05, 4.69) is 13.8 Å². The Hall–Kier alpha value is -0.0400. The fraction of sp³-hybridized carbons (Fsp3) is 1.00. The molecular weight excluding hydrogens is 100 g/mol. The van der Waals surface area contributed by atoms with E-state index in [-0.39, 0.29) is 5.60 Å². The zero-order valence-electron chi connectivity index (χ0n) is 5.90. The van der Waals surface area contributed by atoms with Gasteiger partial charge in [0.1, 0.15) is 0 Å². The van der Waals surface area contributed by atoms with E-state index >= 15 is 0 Å². The second-order valence-corrected chi connectivity index (χ2v) is 2.83. The van der Waals surface area contributed by atoms with Crippen molar-refractivity contribution in [2.45, 2.75) is 32.3 Å². The van der Waals surface area contributed by atoms with Gasteiger partial charge in [-0.15, -0.1) is 0 Å². The van der Waals surface area contributed by atoms with Gasteiger partial charge in [-0.05, 0) is 19.3 Å². The molecule has 1 heteroatoms. The summed E-state index contributed by atoms with van der Waals surface area (Å²) >= 11 is 0. The first-order valence-corrected chi connectivity index (χ1v) is 3.28. The van der Waals surface area contributed by atoms with Crippen LogP contribution in [-0.4, -0.2) is 12.7 Å². The van der Waals surface area contributed by atoms with Crippen LogP contribution in [0.15, 0.2) is 0 Å². The average Bonchev–Trinajstić information content (AvgIpc) is 2.44. The molecule has 0 aromatic carbocycles. The Kier molecular flexibility index (Phi) is 1.31. The van der Waals surface area contributed by atoms with E-state index in [0.717, 1.165) is 5.92 Å². The summed E-state index contributed by atoms with van der Waals surface area (Å²) in [5.41, 5.74) is 0.259. The molecule has 0 bridgehead atoms. The molecule has 1 aliphatic carbocycles. The normalized spacial score (nSPS) is 44.6. The van der Waals surface area contributed by atoms with Crippen LogP contribution in [0.4, 0.5) is 0 Å². The Morgan fingerprint density at radius 3 is 2.50 bits per heavy atom. The number of hydrogen-bond acceptors (Lipinski definition) is 1. The third-order valence-electron chi connectivity index (χ3n) is 2.31. The summed E-state index contributed by atoms with van der Waals surface area (Å²) in [7, 11) is 1.80. The molecule has 0 heterocycles. The largest absolute Gasteiger partial charge is 0.378 e. The van der Waals surface area contributed by atoms with E-state index in [0.29, 0.717) is 0 Å². The van der Waals surface area contributed by atoms with Crippen LogP contribution in [0.25, 0.3) is 0 Å². The second kappa shape index (κ2) is 1.73. The molecule has 1 rings (SSSR count). The first kappa shape index (κ1) is 6.09. The highest BCUT2D eigenvalue weighted by Gasteiger charge is 2.48. The Bertz CT molecular complexity index is 90.4. The van der Waals surface area contributed by atoms with E-state index in [9.17, 15) is 0 Å². The molecule has 2 atom stereocenters. The van der Waals surface area contributed by atoms with Crippen molar-refractivity contribution in [1.82, 2.24) is 0 Å². The van der Waals surface area contributed by atoms with Gasteiger partial charge < -0.3 is 4.74 Å². The van der Waals surface area contributed by atoms with Gasteiger partial charge in [0.2, 0.25) is 0 Å². The smallest absolute Gasteiger partial charge is 0.0683 e. The number of methoxy groups -OCH3 is 1. The lowest BCUT2D eigenvalue weighted by molar-refractivity contribution is 0.0812. The quantitative estimate of drug-likeness (QED) is 0.532. The van der Waals surface area contributed by atoms with Gasteiger partial charge in [0.05, 0.1) is 5.60 Å². The van der Waals surface area contributed by atoms with Crippen LogP contribution in [0.1, 0.15) is 26.7 Å². The minimum Gasteiger partial charge on any atom is -0.378 e. The summed E-state index contributed by atoms with van der Waals surface area (Å²) in [5.74, 6) is 0.840. The van der Waals surface area contributed by atoms with Crippen LogP contribution < -0.4 is 0 Å². The Morgan fingerprint density at radius 1 is 1.75 bits per heavy atom. The molecule has 0 spiro atoms. The maximum absolute atomic E-state index is 5.25. The number of rotatable bonds is 2. The first-order valence-electron chi connectivity index (χ1n) is 3.28. The van der Waals surface area contributed by atoms with Crippen LogP contribution in [0, 0.1) is 5.92 Å². The zero-order chi connectivity index (χ0) is 6.20. The standard InChI is InChI=1S/C7H14O/c1-4-6-5-7(6,2)8-3/h6H,4-5H2,1-3H3. The van der Waals surface area contributed by atoms with Crippen molar-refractivity contribution >= 4 is 0 Å². The van der Waals surface area contributed by atoms with Crippen molar-refractivity contribution in [3.63, 3.8) is 0 Å². The second-order valence-electron chi connectivity index (χ2n) is 2.83. The van der Waals surface area contributed by atoms with Gasteiger partial charge in [-0.25, -0.2) is 0 Å². The summed E-state index contributed by atoms with van der Waals surface area (Å²) in [6.45, 7) is 4.40. The van der Waals surface area contributed by atoms with Crippen LogP contribution in [-0.2, 0) is 4.74 Å². The fourth-order valence-electron chi connectivity index (χ4n) is 1.26. The molecule has 0 aliphatic heterocycles. The topological polar surface area (TPSA) is 9.23 Å². The Labute approximate surface area is 51.0 Å². The molecule has 0 radical (unpaired) electrons. The fourth-order valence-corrected chi connectivity index (χ4v) is 1.26. The molecule has 8 heavy (non-hydrogen) atoms. The minimum absolute atomic E-state index is 0.259. The molecule has 0 amide bonds. The molecule has 1 aliphatic rings. The van der Waals surface area contributed by atoms with Gasteiger partial charge in [0.15, 0.2) is 0 Å². The van der Waals surface area contributed by atoms with Gasteiger partial charge in [-0.3, -0.25) is 0 Å². The molecule has 0 saturated heterocycles. The zero-order valence-corrected chi connectivity index (χ0v) is 5.90. The van der Waals surface area contributed by atoms with Gasteiger partial charge >= 0.3 is 0 Å². The maximum atomic E-state index is 5.25. The predicted octanol–water partition coefficient (Wildman–Crippen LogP) is 1.82. The predicted molar refractivity (Wildman–Crippen MR) is 33.8 cm³/mol. The summed E-state index contributed by atoms with van der Waals surface area (Å²) in [6, 6.07) is 0. The highest BCUT2D eigenvalue weighted by atomic mass is 16.5. The molecule has 0 aromatic rings. The van der Waals surface area contributed by atoms with Crippen LogP contribution in [0.5, 0.6) is 0 Å². The minimum atomic E-state index is 0.259. The highest BCUT2D eigenvalue weighted by Crippen LogP contribution is 2.47. The van der Waals surface area contributed by atoms with Crippen molar-refractivity contribution in [2.75, 3.05) is 7.11 Å². The molecule has 48 valence electrons. The molecule has 0 N–H and O–H groups in total. The van der Waals surface area contributed by atoms with Crippen LogP contribution in [0.3, 0.4) is 0 Å². The highest BCUT2D eigenvalue weighted by molar-refractivity contribution is 5.00. The van der Waals surface area contributed by atoms with E-state index < -0.39 is 0 Å². The van der Waals surface area contributed by atoms with Crippen molar-refractivity contribution < 1.29 is 4.74 Å². The summed E-state index contributed by atoms with van der Waals surface area (Å²) in [4.78, 5) is 0. The molecule has 1 nitrogen and oxygen atoms in total. The van der Waals surface area contributed by atoms with Crippen molar-refractivity contribution in [1.29, 1.82) is 0 Å². The van der Waals surface area contributed by atoms with Crippen LogP contribution >= 0.6 is 0 Å². The first-order chi connectivity index (χ1) is 3.73. The van der Waals surface area contributed by atoms with E-state index in [4.69, 9.17) is 4.74 Å². The average molecular weight is 114 g/mol. The summed E-state index contributed by atoms with van der Waals surface area (Å²) in [5, 5.41) is 0. The lowest BCUT2D eigenvalue weighted by atomic mass is 10.2. The molecular formula is C7H14O. The lowest BCUT2D eigenvalue weighted by Crippen LogP contribution is -2.07. The lowest BCUT2D eigenvalue weighted by Gasteiger charge is -2.05. The Balaban J connectivity index is 2.31. The van der Waals surface area contributed by atoms with Gasteiger partial charge in [0.25, 0.3) is 0 Å². The number of ether oxygens (including phenoxy) is 1. The Morgan fingerprint density at radius 2 is 2.38 bits per heavy atom. The van der Waals surface area contributed by atoms with Gasteiger partial charge in [-0.2, -0.15) is 0 Å². The van der Waals surface area contributed by atoms with E-state index in [1.807, 2.05) is 0 Å². The summed E-state index contributed by atoms with van der Waals surface area (Å²) < 4.78 is 5.25. The maximum Gasteiger partial charge on any atom is 0.0683 e. The van der Waals surface area contributed by atoms with Crippen molar-refractivity contribution in [3.8, 4) is 0 Å². The number of hydrogen-bond donors (Lipinski definition) is 0. The monoisotopic (exact) mass is 114 g/mol. The third-order valence-corrected chi connectivity index (χ3v) is 2.31. The van der Waals surface area contributed by atoms with E-state index in [1.54, 1.807) is 7.11 Å². The molecule has 0 aromatic heterocycles. The third kappa shape index (κ3) is 0.752. The van der Waals surface area contributed by atoms with Gasteiger partial charge in [0, 0.05) is 7.11 Å². The van der Waals surface area contributed by atoms with Crippen molar-refractivity contribution in [3.05, 3.63) is 0 Å². The molecule has 1 fully saturated rings. The molecule has 1 saturated carbocycles. The van der Waals surface area contributed by atoms with Gasteiger partial charge in [-0.1, -0.05) is 13.3 Å².